The maximum atomic E-state index is 10.6. The Labute approximate surface area is 126 Å². The largest absolute Gasteiger partial charge is 0.507 e. The Bertz CT molecular complexity index is 748. The van der Waals surface area contributed by atoms with Gasteiger partial charge in [-0.3, -0.25) is 4.90 Å². The summed E-state index contributed by atoms with van der Waals surface area (Å²) in [6, 6.07) is 9.27. The summed E-state index contributed by atoms with van der Waals surface area (Å²) in [5.41, 5.74) is 8.78. The van der Waals surface area contributed by atoms with E-state index >= 15 is 0 Å². The standard InChI is InChI=1S/C19H21NO/c1-11-8-14-6-7-20(3)16-10-13-5-4-12(2)19(21)18(13)15(9-11)17(14)16/h4-5,8-9,16,21H,6-7,10H2,1-3H3/t16-/m1/s1. The fraction of sp³-hybridized carbons (Fsp3) is 0.368. The van der Waals surface area contributed by atoms with E-state index < -0.39 is 0 Å². The fourth-order valence-corrected chi connectivity index (χ4v) is 4.03. The third-order valence-electron chi connectivity index (χ3n) is 5.16. The van der Waals surface area contributed by atoms with Crippen molar-refractivity contribution in [1.82, 2.24) is 4.90 Å². The van der Waals surface area contributed by atoms with E-state index in [2.05, 4.69) is 37.1 Å². The van der Waals surface area contributed by atoms with Crippen LogP contribution in [-0.4, -0.2) is 23.6 Å². The van der Waals surface area contributed by atoms with Crippen LogP contribution >= 0.6 is 0 Å². The van der Waals surface area contributed by atoms with Gasteiger partial charge in [-0.05, 0) is 61.6 Å². The smallest absolute Gasteiger partial charge is 0.126 e. The first-order valence-electron chi connectivity index (χ1n) is 7.71. The number of phenolic OH excluding ortho intramolecular Hbond substituents is 1. The maximum Gasteiger partial charge on any atom is 0.126 e. The molecule has 1 aliphatic carbocycles. The number of phenols is 1. The summed E-state index contributed by atoms with van der Waals surface area (Å²) in [6.07, 6.45) is 2.11. The molecule has 2 nitrogen and oxygen atoms in total. The number of nitrogens with zero attached hydrogens (tertiary/aromatic N) is 1. The molecular weight excluding hydrogens is 258 g/mol. The molecule has 108 valence electrons. The first-order chi connectivity index (χ1) is 10.1. The normalized spacial score (nSPS) is 20.0. The third kappa shape index (κ3) is 1.75. The minimum Gasteiger partial charge on any atom is -0.507 e. The van der Waals surface area contributed by atoms with Crippen molar-refractivity contribution >= 4 is 0 Å². The second-order valence-electron chi connectivity index (χ2n) is 6.60. The summed E-state index contributed by atoms with van der Waals surface area (Å²) >= 11 is 0. The lowest BCUT2D eigenvalue weighted by atomic mass is 9.76. The van der Waals surface area contributed by atoms with Gasteiger partial charge in [-0.2, -0.15) is 0 Å². The van der Waals surface area contributed by atoms with E-state index in [1.807, 2.05) is 13.0 Å². The van der Waals surface area contributed by atoms with E-state index in [-0.39, 0.29) is 0 Å². The zero-order valence-electron chi connectivity index (χ0n) is 12.9. The van der Waals surface area contributed by atoms with E-state index in [0.717, 1.165) is 30.5 Å². The van der Waals surface area contributed by atoms with Crippen molar-refractivity contribution in [3.63, 3.8) is 0 Å². The number of hydrogen-bond acceptors (Lipinski definition) is 2. The van der Waals surface area contributed by atoms with Crippen molar-refractivity contribution in [2.75, 3.05) is 13.6 Å². The second-order valence-corrected chi connectivity index (χ2v) is 6.60. The molecule has 1 N–H and O–H groups in total. The summed E-state index contributed by atoms with van der Waals surface area (Å²) in [6.45, 7) is 5.26. The number of aromatic hydroxyl groups is 1. The zero-order valence-corrected chi connectivity index (χ0v) is 12.9. The Morgan fingerprint density at radius 3 is 2.76 bits per heavy atom. The van der Waals surface area contributed by atoms with Gasteiger partial charge in [0, 0.05) is 18.2 Å². The Balaban J connectivity index is 2.08. The van der Waals surface area contributed by atoms with Crippen molar-refractivity contribution in [3.8, 4) is 16.9 Å². The van der Waals surface area contributed by atoms with Gasteiger partial charge in [0.15, 0.2) is 0 Å². The Kier molecular flexibility index (Phi) is 2.67. The van der Waals surface area contributed by atoms with Crippen LogP contribution in [0.15, 0.2) is 24.3 Å². The molecule has 4 rings (SSSR count). The van der Waals surface area contributed by atoms with Crippen LogP contribution < -0.4 is 0 Å². The predicted octanol–water partition coefficient (Wildman–Crippen LogP) is 3.76. The molecule has 1 atom stereocenters. The van der Waals surface area contributed by atoms with Gasteiger partial charge in [0.1, 0.15) is 5.75 Å². The number of fused-ring (bicyclic) bond motifs is 2. The van der Waals surface area contributed by atoms with Gasteiger partial charge >= 0.3 is 0 Å². The molecule has 0 fully saturated rings. The Morgan fingerprint density at radius 2 is 1.95 bits per heavy atom. The van der Waals surface area contributed by atoms with Crippen molar-refractivity contribution in [2.45, 2.75) is 32.7 Å². The Hall–Kier alpha value is -1.80. The van der Waals surface area contributed by atoms with Crippen LogP contribution in [0.4, 0.5) is 0 Å². The molecular formula is C19H21NO. The van der Waals surface area contributed by atoms with Gasteiger partial charge in [-0.15, -0.1) is 0 Å². The average molecular weight is 279 g/mol. The molecule has 2 heteroatoms. The van der Waals surface area contributed by atoms with Gasteiger partial charge in [0.25, 0.3) is 0 Å². The van der Waals surface area contributed by atoms with Crippen molar-refractivity contribution in [3.05, 3.63) is 52.1 Å². The molecule has 0 spiro atoms. The quantitative estimate of drug-likeness (QED) is 0.793. The van der Waals surface area contributed by atoms with Gasteiger partial charge in [-0.1, -0.05) is 29.8 Å². The lowest BCUT2D eigenvalue weighted by Crippen LogP contribution is -2.35. The molecule has 2 aromatic rings. The zero-order chi connectivity index (χ0) is 14.7. The maximum absolute atomic E-state index is 10.6. The summed E-state index contributed by atoms with van der Waals surface area (Å²) in [4.78, 5) is 2.46. The molecule has 0 aromatic heterocycles. The topological polar surface area (TPSA) is 23.5 Å². The lowest BCUT2D eigenvalue weighted by Gasteiger charge is -2.40. The highest BCUT2D eigenvalue weighted by Gasteiger charge is 2.34. The van der Waals surface area contributed by atoms with Crippen LogP contribution in [0.5, 0.6) is 5.75 Å². The second kappa shape index (κ2) is 4.35. The summed E-state index contributed by atoms with van der Waals surface area (Å²) < 4.78 is 0. The fourth-order valence-electron chi connectivity index (χ4n) is 4.03. The van der Waals surface area contributed by atoms with Crippen LogP contribution in [0.3, 0.4) is 0 Å². The average Bonchev–Trinajstić information content (AvgIpc) is 2.46. The van der Waals surface area contributed by atoms with Gasteiger partial charge in [-0.25, -0.2) is 0 Å². The van der Waals surface area contributed by atoms with Crippen LogP contribution in [0.2, 0.25) is 0 Å². The van der Waals surface area contributed by atoms with Crippen LogP contribution in [0.1, 0.15) is 33.9 Å². The molecule has 0 saturated carbocycles. The first kappa shape index (κ1) is 12.9. The predicted molar refractivity (Wildman–Crippen MR) is 85.8 cm³/mol. The summed E-state index contributed by atoms with van der Waals surface area (Å²) in [5.74, 6) is 0.465. The number of likely N-dealkylation sites (N-methyl/N-ethyl adjacent to an activating group) is 1. The molecule has 2 aromatic carbocycles. The molecule has 1 heterocycles. The van der Waals surface area contributed by atoms with Crippen LogP contribution in [0.25, 0.3) is 11.1 Å². The van der Waals surface area contributed by atoms with Crippen molar-refractivity contribution < 1.29 is 5.11 Å². The van der Waals surface area contributed by atoms with Crippen LogP contribution in [-0.2, 0) is 12.8 Å². The number of aryl methyl sites for hydroxylation is 2. The minimum absolute atomic E-state index is 0.457. The molecule has 0 saturated heterocycles. The van der Waals surface area contributed by atoms with E-state index in [1.165, 1.54) is 27.8 Å². The SMILES string of the molecule is Cc1cc2c3c(c1)-c1c(ccc(C)c1O)C[C@H]3N(C)CC2. The van der Waals surface area contributed by atoms with Gasteiger partial charge in [0.05, 0.1) is 0 Å². The van der Waals surface area contributed by atoms with Gasteiger partial charge < -0.3 is 5.11 Å². The number of hydrogen-bond donors (Lipinski definition) is 1. The summed E-state index contributed by atoms with van der Waals surface area (Å²) in [5, 5.41) is 10.6. The molecule has 0 bridgehead atoms. The molecule has 21 heavy (non-hydrogen) atoms. The van der Waals surface area contributed by atoms with Crippen LogP contribution in [0, 0.1) is 13.8 Å². The monoisotopic (exact) mass is 279 g/mol. The minimum atomic E-state index is 0.457. The van der Waals surface area contributed by atoms with E-state index in [1.54, 1.807) is 0 Å². The molecule has 1 aliphatic heterocycles. The van der Waals surface area contributed by atoms with E-state index in [9.17, 15) is 5.11 Å². The number of benzene rings is 2. The summed E-state index contributed by atoms with van der Waals surface area (Å²) in [7, 11) is 2.22. The van der Waals surface area contributed by atoms with Crippen molar-refractivity contribution in [2.24, 2.45) is 0 Å². The van der Waals surface area contributed by atoms with Crippen molar-refractivity contribution in [1.29, 1.82) is 0 Å². The van der Waals surface area contributed by atoms with Gasteiger partial charge in [0.2, 0.25) is 0 Å². The highest BCUT2D eigenvalue weighted by molar-refractivity contribution is 5.81. The molecule has 0 unspecified atom stereocenters. The molecule has 0 radical (unpaired) electrons. The molecule has 2 aliphatic rings. The Morgan fingerprint density at radius 1 is 1.14 bits per heavy atom. The highest BCUT2D eigenvalue weighted by atomic mass is 16.3. The van der Waals surface area contributed by atoms with E-state index in [4.69, 9.17) is 0 Å². The highest BCUT2D eigenvalue weighted by Crippen LogP contribution is 2.48. The third-order valence-corrected chi connectivity index (χ3v) is 5.16. The molecule has 0 amide bonds. The van der Waals surface area contributed by atoms with E-state index in [0.29, 0.717) is 11.8 Å². The number of rotatable bonds is 0. The lowest BCUT2D eigenvalue weighted by molar-refractivity contribution is 0.228. The first-order valence-corrected chi connectivity index (χ1v) is 7.71.